The fourth-order valence-electron chi connectivity index (χ4n) is 2.95. The van der Waals surface area contributed by atoms with Gasteiger partial charge in [0.25, 0.3) is 0 Å². The van der Waals surface area contributed by atoms with Crippen molar-refractivity contribution in [3.8, 4) is 5.75 Å². The third-order valence-electron chi connectivity index (χ3n) is 4.02. The van der Waals surface area contributed by atoms with Gasteiger partial charge in [-0.2, -0.15) is 0 Å². The van der Waals surface area contributed by atoms with E-state index in [-0.39, 0.29) is 6.10 Å². The molecule has 0 saturated heterocycles. The highest BCUT2D eigenvalue weighted by atomic mass is 16.5. The minimum atomic E-state index is -0.901. The minimum Gasteiger partial charge on any atom is -0.486 e. The number of aryl methyl sites for hydroxylation is 2. The molecule has 1 aliphatic rings. The maximum atomic E-state index is 11.0. The van der Waals surface area contributed by atoms with Gasteiger partial charge >= 0.3 is 5.97 Å². The number of carboxylic acids is 1. The van der Waals surface area contributed by atoms with Crippen molar-refractivity contribution in [2.75, 3.05) is 0 Å². The number of carbonyl (C=O) groups is 1. The van der Waals surface area contributed by atoms with Gasteiger partial charge < -0.3 is 9.84 Å². The zero-order valence-corrected chi connectivity index (χ0v) is 12.0. The van der Waals surface area contributed by atoms with E-state index in [1.54, 1.807) is 25.1 Å². The number of aromatic carboxylic acids is 1. The number of hydrogen-bond acceptors (Lipinski definition) is 2. The van der Waals surface area contributed by atoms with E-state index in [4.69, 9.17) is 9.84 Å². The minimum absolute atomic E-state index is 0.0602. The second-order valence-electron chi connectivity index (χ2n) is 5.48. The molecule has 0 fully saturated rings. The van der Waals surface area contributed by atoms with Crippen molar-refractivity contribution in [2.24, 2.45) is 0 Å². The monoisotopic (exact) mass is 282 g/mol. The Labute approximate surface area is 124 Å². The van der Waals surface area contributed by atoms with E-state index in [1.807, 2.05) is 6.07 Å². The van der Waals surface area contributed by atoms with Gasteiger partial charge in [-0.15, -0.1) is 0 Å². The summed E-state index contributed by atoms with van der Waals surface area (Å²) in [5.41, 5.74) is 3.66. The molecule has 1 N–H and O–H groups in total. The Morgan fingerprint density at radius 3 is 2.81 bits per heavy atom. The van der Waals surface area contributed by atoms with Crippen molar-refractivity contribution in [3.63, 3.8) is 0 Å². The molecule has 3 heteroatoms. The van der Waals surface area contributed by atoms with Crippen molar-refractivity contribution >= 4 is 5.97 Å². The predicted molar refractivity (Wildman–Crippen MR) is 80.9 cm³/mol. The number of rotatable bonds is 3. The normalized spacial score (nSPS) is 17.1. The van der Waals surface area contributed by atoms with Gasteiger partial charge in [-0.05, 0) is 61.1 Å². The molecule has 0 heterocycles. The van der Waals surface area contributed by atoms with Gasteiger partial charge in [0.1, 0.15) is 11.9 Å². The summed E-state index contributed by atoms with van der Waals surface area (Å²) in [6.45, 7) is 1.80. The Kier molecular flexibility index (Phi) is 3.65. The molecule has 0 spiro atoms. The number of ether oxygens (including phenoxy) is 1. The Hall–Kier alpha value is -2.29. The highest BCUT2D eigenvalue weighted by Gasteiger charge is 2.21. The maximum absolute atomic E-state index is 11.0. The summed E-state index contributed by atoms with van der Waals surface area (Å²) in [6, 6.07) is 13.5. The van der Waals surface area contributed by atoms with Gasteiger partial charge in [-0.25, -0.2) is 4.79 Å². The molecule has 0 saturated carbocycles. The van der Waals surface area contributed by atoms with Gasteiger partial charge in [0.05, 0.1) is 5.56 Å². The lowest BCUT2D eigenvalue weighted by molar-refractivity contribution is 0.0696. The molecule has 2 aromatic carbocycles. The van der Waals surface area contributed by atoms with E-state index in [0.717, 1.165) is 30.6 Å². The summed E-state index contributed by atoms with van der Waals surface area (Å²) < 4.78 is 6.10. The van der Waals surface area contributed by atoms with Gasteiger partial charge in [0.15, 0.2) is 0 Å². The zero-order valence-electron chi connectivity index (χ0n) is 12.0. The first-order valence-corrected chi connectivity index (χ1v) is 7.23. The van der Waals surface area contributed by atoms with Crippen LogP contribution in [0.15, 0.2) is 42.5 Å². The number of carboxylic acid groups (broad SMARTS) is 1. The van der Waals surface area contributed by atoms with Gasteiger partial charge in [0.2, 0.25) is 0 Å². The van der Waals surface area contributed by atoms with Crippen LogP contribution in [0.3, 0.4) is 0 Å². The van der Waals surface area contributed by atoms with Crippen LogP contribution in [0.25, 0.3) is 0 Å². The van der Waals surface area contributed by atoms with E-state index >= 15 is 0 Å². The van der Waals surface area contributed by atoms with Crippen LogP contribution in [0, 0.1) is 6.92 Å². The van der Waals surface area contributed by atoms with Crippen molar-refractivity contribution in [1.82, 2.24) is 0 Å². The molecule has 1 aliphatic carbocycles. The van der Waals surface area contributed by atoms with E-state index in [1.165, 1.54) is 11.1 Å². The summed E-state index contributed by atoms with van der Waals surface area (Å²) in [6.07, 6.45) is 3.28. The quantitative estimate of drug-likeness (QED) is 0.920. The van der Waals surface area contributed by atoms with Gasteiger partial charge in [0, 0.05) is 0 Å². The standard InChI is InChI=1S/C18H18O3/c1-12-11-14(9-10-15(12)18(19)20)21-17-8-4-6-13-5-2-3-7-16(13)17/h2-3,5,7,9-11,17H,4,6,8H2,1H3,(H,19,20). The average molecular weight is 282 g/mol. The molecule has 1 atom stereocenters. The van der Waals surface area contributed by atoms with E-state index < -0.39 is 5.97 Å². The second-order valence-corrected chi connectivity index (χ2v) is 5.48. The molecule has 21 heavy (non-hydrogen) atoms. The average Bonchev–Trinajstić information content (AvgIpc) is 2.47. The second kappa shape index (κ2) is 5.60. The first-order chi connectivity index (χ1) is 10.1. The fourth-order valence-corrected chi connectivity index (χ4v) is 2.95. The van der Waals surface area contributed by atoms with Crippen LogP contribution >= 0.6 is 0 Å². The summed E-state index contributed by atoms with van der Waals surface area (Å²) in [5.74, 6) is -0.165. The van der Waals surface area contributed by atoms with Crippen LogP contribution < -0.4 is 4.74 Å². The number of benzene rings is 2. The van der Waals surface area contributed by atoms with E-state index in [9.17, 15) is 4.79 Å². The molecule has 3 nitrogen and oxygen atoms in total. The Morgan fingerprint density at radius 2 is 2.05 bits per heavy atom. The lowest BCUT2D eigenvalue weighted by Crippen LogP contribution is -2.15. The third-order valence-corrected chi connectivity index (χ3v) is 4.02. The summed E-state index contributed by atoms with van der Waals surface area (Å²) >= 11 is 0. The van der Waals surface area contributed by atoms with Crippen molar-refractivity contribution < 1.29 is 14.6 Å². The Bertz CT molecular complexity index is 676. The molecule has 2 aromatic rings. The van der Waals surface area contributed by atoms with Gasteiger partial charge in [-0.1, -0.05) is 24.3 Å². The third kappa shape index (κ3) is 2.77. The Morgan fingerprint density at radius 1 is 1.24 bits per heavy atom. The van der Waals surface area contributed by atoms with Crippen molar-refractivity contribution in [1.29, 1.82) is 0 Å². The van der Waals surface area contributed by atoms with Crippen molar-refractivity contribution in [3.05, 3.63) is 64.7 Å². The zero-order chi connectivity index (χ0) is 14.8. The van der Waals surface area contributed by atoms with Gasteiger partial charge in [-0.3, -0.25) is 0 Å². The van der Waals surface area contributed by atoms with Crippen LogP contribution in [0.4, 0.5) is 0 Å². The molecule has 3 rings (SSSR count). The Balaban J connectivity index is 1.85. The fraction of sp³-hybridized carbons (Fsp3) is 0.278. The highest BCUT2D eigenvalue weighted by molar-refractivity contribution is 5.89. The molecule has 1 unspecified atom stereocenters. The largest absolute Gasteiger partial charge is 0.486 e. The molecule has 108 valence electrons. The predicted octanol–water partition coefficient (Wildman–Crippen LogP) is 4.15. The molecule has 0 amide bonds. The van der Waals surface area contributed by atoms with Crippen LogP contribution in [0.1, 0.15) is 46.0 Å². The van der Waals surface area contributed by atoms with Crippen LogP contribution in [0.2, 0.25) is 0 Å². The van der Waals surface area contributed by atoms with Crippen LogP contribution in [-0.2, 0) is 6.42 Å². The topological polar surface area (TPSA) is 46.5 Å². The van der Waals surface area contributed by atoms with E-state index in [2.05, 4.69) is 18.2 Å². The highest BCUT2D eigenvalue weighted by Crippen LogP contribution is 2.33. The first-order valence-electron chi connectivity index (χ1n) is 7.23. The molecular weight excluding hydrogens is 264 g/mol. The molecule has 0 bridgehead atoms. The number of hydrogen-bond donors (Lipinski definition) is 1. The summed E-state index contributed by atoms with van der Waals surface area (Å²) in [5, 5.41) is 9.07. The maximum Gasteiger partial charge on any atom is 0.335 e. The van der Waals surface area contributed by atoms with Crippen molar-refractivity contribution in [2.45, 2.75) is 32.3 Å². The molecule has 0 aromatic heterocycles. The molecular formula is C18H18O3. The SMILES string of the molecule is Cc1cc(OC2CCCc3ccccc32)ccc1C(=O)O. The first kappa shape index (κ1) is 13.7. The summed E-state index contributed by atoms with van der Waals surface area (Å²) in [4.78, 5) is 11.0. The smallest absolute Gasteiger partial charge is 0.335 e. The lowest BCUT2D eigenvalue weighted by Gasteiger charge is -2.26. The van der Waals surface area contributed by atoms with E-state index in [0.29, 0.717) is 5.56 Å². The number of fused-ring (bicyclic) bond motifs is 1. The molecule has 0 radical (unpaired) electrons. The lowest BCUT2D eigenvalue weighted by atomic mass is 9.89. The van der Waals surface area contributed by atoms with Crippen LogP contribution in [-0.4, -0.2) is 11.1 Å². The van der Waals surface area contributed by atoms with Crippen LogP contribution in [0.5, 0.6) is 5.75 Å². The molecule has 0 aliphatic heterocycles. The summed E-state index contributed by atoms with van der Waals surface area (Å²) in [7, 11) is 0.